The molecule has 0 aromatic heterocycles. The third kappa shape index (κ3) is 6.52. The lowest BCUT2D eigenvalue weighted by atomic mass is 10.2. The van der Waals surface area contributed by atoms with E-state index in [-0.39, 0.29) is 16.3 Å². The van der Waals surface area contributed by atoms with Crippen molar-refractivity contribution in [2.45, 2.75) is 4.90 Å². The van der Waals surface area contributed by atoms with Crippen LogP contribution in [0.3, 0.4) is 0 Å². The number of rotatable bonds is 10. The fourth-order valence-corrected chi connectivity index (χ4v) is 3.24. The van der Waals surface area contributed by atoms with Crippen LogP contribution in [0, 0.1) is 0 Å². The highest BCUT2D eigenvalue weighted by molar-refractivity contribution is 7.89. The maximum atomic E-state index is 12.3. The number of amides is 1. The number of benzene rings is 2. The molecule has 10 nitrogen and oxygen atoms in total. The van der Waals surface area contributed by atoms with Gasteiger partial charge in [0.15, 0.2) is 13.2 Å². The first kappa shape index (κ1) is 23.8. The van der Waals surface area contributed by atoms with E-state index in [4.69, 9.17) is 14.2 Å². The average Bonchev–Trinajstić information content (AvgIpc) is 2.76. The third-order valence-electron chi connectivity index (χ3n) is 3.96. The fourth-order valence-electron chi connectivity index (χ4n) is 2.31. The summed E-state index contributed by atoms with van der Waals surface area (Å²) in [5.74, 6) is -0.887. The van der Waals surface area contributed by atoms with Gasteiger partial charge in [-0.1, -0.05) is 0 Å². The molecule has 2 aromatic carbocycles. The normalized spacial score (nSPS) is 11.0. The lowest BCUT2D eigenvalue weighted by Gasteiger charge is -2.15. The van der Waals surface area contributed by atoms with Crippen molar-refractivity contribution in [1.29, 1.82) is 0 Å². The Morgan fingerprint density at radius 1 is 1.06 bits per heavy atom. The predicted molar refractivity (Wildman–Crippen MR) is 111 cm³/mol. The number of methoxy groups -OCH3 is 1. The Balaban J connectivity index is 1.94. The SMILES string of the molecule is COc1ccc(S(=O)(=O)N(C)C)cc1NC(=O)COC(=O)COc1ccc(C=O)cc1. The molecule has 2 rings (SSSR count). The highest BCUT2D eigenvalue weighted by Gasteiger charge is 2.20. The van der Waals surface area contributed by atoms with Crippen molar-refractivity contribution >= 4 is 33.9 Å². The van der Waals surface area contributed by atoms with Gasteiger partial charge in [-0.3, -0.25) is 9.59 Å². The Morgan fingerprint density at radius 3 is 2.32 bits per heavy atom. The molecule has 0 saturated heterocycles. The summed E-state index contributed by atoms with van der Waals surface area (Å²) in [6, 6.07) is 10.1. The predicted octanol–water partition coefficient (Wildman–Crippen LogP) is 1.32. The van der Waals surface area contributed by atoms with Gasteiger partial charge in [0.05, 0.1) is 17.7 Å². The van der Waals surface area contributed by atoms with Gasteiger partial charge >= 0.3 is 5.97 Å². The highest BCUT2D eigenvalue weighted by atomic mass is 32.2. The van der Waals surface area contributed by atoms with Crippen LogP contribution < -0.4 is 14.8 Å². The molecule has 0 heterocycles. The molecule has 0 spiro atoms. The quantitative estimate of drug-likeness (QED) is 0.424. The smallest absolute Gasteiger partial charge is 0.344 e. The van der Waals surface area contributed by atoms with Gasteiger partial charge in [-0.25, -0.2) is 17.5 Å². The van der Waals surface area contributed by atoms with Crippen LogP contribution in [0.2, 0.25) is 0 Å². The standard InChI is InChI=1S/C20H22N2O8S/c1-22(2)31(26,27)16-8-9-18(28-3)17(10-16)21-19(24)12-30-20(25)13-29-15-6-4-14(11-23)5-7-15/h4-11H,12-13H2,1-3H3,(H,21,24). The molecule has 11 heteroatoms. The maximum Gasteiger partial charge on any atom is 0.344 e. The van der Waals surface area contributed by atoms with Crippen LogP contribution in [-0.4, -0.2) is 65.3 Å². The second kappa shape index (κ2) is 10.5. The van der Waals surface area contributed by atoms with E-state index in [1.54, 1.807) is 0 Å². The second-order valence-electron chi connectivity index (χ2n) is 6.33. The maximum absolute atomic E-state index is 12.3. The molecule has 0 bridgehead atoms. The van der Waals surface area contributed by atoms with Crippen LogP contribution in [-0.2, 0) is 24.3 Å². The molecule has 2 aromatic rings. The molecule has 1 amide bonds. The summed E-state index contributed by atoms with van der Waals surface area (Å²) in [4.78, 5) is 34.5. The van der Waals surface area contributed by atoms with Gasteiger partial charge < -0.3 is 19.5 Å². The first-order valence-electron chi connectivity index (χ1n) is 8.91. The number of nitrogens with one attached hydrogen (secondary N) is 1. The molecular weight excluding hydrogens is 428 g/mol. The number of anilines is 1. The van der Waals surface area contributed by atoms with E-state index in [0.29, 0.717) is 17.6 Å². The molecule has 1 N–H and O–H groups in total. The van der Waals surface area contributed by atoms with Crippen molar-refractivity contribution in [1.82, 2.24) is 4.31 Å². The van der Waals surface area contributed by atoms with Crippen LogP contribution in [0.5, 0.6) is 11.5 Å². The third-order valence-corrected chi connectivity index (χ3v) is 5.77. The Hall–Kier alpha value is -3.44. The number of aldehydes is 1. The number of carbonyl (C=O) groups is 3. The van der Waals surface area contributed by atoms with E-state index in [9.17, 15) is 22.8 Å². The molecule has 0 aliphatic carbocycles. The zero-order valence-corrected chi connectivity index (χ0v) is 18.0. The molecule has 0 unspecified atom stereocenters. The van der Waals surface area contributed by atoms with Crippen LogP contribution in [0.25, 0.3) is 0 Å². The van der Waals surface area contributed by atoms with Gasteiger partial charge in [0.1, 0.15) is 17.8 Å². The minimum absolute atomic E-state index is 0.0420. The summed E-state index contributed by atoms with van der Waals surface area (Å²) in [6.45, 7) is -1.05. The van der Waals surface area contributed by atoms with Gasteiger partial charge in [0, 0.05) is 19.7 Å². The minimum atomic E-state index is -3.72. The van der Waals surface area contributed by atoms with Gasteiger partial charge in [-0.05, 0) is 42.5 Å². The molecule has 0 saturated carbocycles. The number of ether oxygens (including phenoxy) is 3. The van der Waals surface area contributed by atoms with E-state index >= 15 is 0 Å². The van der Waals surface area contributed by atoms with Gasteiger partial charge in [-0.2, -0.15) is 0 Å². The molecular formula is C20H22N2O8S. The van der Waals surface area contributed by atoms with Crippen molar-refractivity contribution in [3.63, 3.8) is 0 Å². The fraction of sp³-hybridized carbons (Fsp3) is 0.250. The molecule has 0 atom stereocenters. The summed E-state index contributed by atoms with van der Waals surface area (Å²) in [5, 5.41) is 2.46. The highest BCUT2D eigenvalue weighted by Crippen LogP contribution is 2.28. The van der Waals surface area contributed by atoms with E-state index in [0.717, 1.165) is 4.31 Å². The van der Waals surface area contributed by atoms with Gasteiger partial charge in [-0.15, -0.1) is 0 Å². The summed E-state index contributed by atoms with van der Waals surface area (Å²) >= 11 is 0. The summed E-state index contributed by atoms with van der Waals surface area (Å²) in [7, 11) is 0.416. The zero-order chi connectivity index (χ0) is 23.0. The Bertz CT molecular complexity index is 1050. The molecule has 31 heavy (non-hydrogen) atoms. The molecule has 0 aliphatic heterocycles. The molecule has 166 valence electrons. The van der Waals surface area contributed by atoms with Crippen LogP contribution in [0.1, 0.15) is 10.4 Å². The average molecular weight is 450 g/mol. The number of hydrogen-bond donors (Lipinski definition) is 1. The first-order chi connectivity index (χ1) is 14.7. The summed E-state index contributed by atoms with van der Waals surface area (Å²) in [6.07, 6.45) is 0.678. The molecule has 0 aliphatic rings. The van der Waals surface area contributed by atoms with E-state index in [2.05, 4.69) is 5.32 Å². The monoisotopic (exact) mass is 450 g/mol. The second-order valence-corrected chi connectivity index (χ2v) is 8.49. The number of esters is 1. The van der Waals surface area contributed by atoms with Crippen LogP contribution >= 0.6 is 0 Å². The van der Waals surface area contributed by atoms with Crippen LogP contribution in [0.15, 0.2) is 47.4 Å². The van der Waals surface area contributed by atoms with Crippen LogP contribution in [0.4, 0.5) is 5.69 Å². The van der Waals surface area contributed by atoms with E-state index < -0.39 is 35.1 Å². The topological polar surface area (TPSA) is 128 Å². The van der Waals surface area contributed by atoms with Crippen molar-refractivity contribution in [2.75, 3.05) is 39.7 Å². The number of sulfonamides is 1. The lowest BCUT2D eigenvalue weighted by molar-refractivity contribution is -0.149. The molecule has 0 radical (unpaired) electrons. The first-order valence-corrected chi connectivity index (χ1v) is 10.4. The van der Waals surface area contributed by atoms with Crippen molar-refractivity contribution < 1.29 is 37.0 Å². The van der Waals surface area contributed by atoms with Crippen molar-refractivity contribution in [2.24, 2.45) is 0 Å². The molecule has 0 fully saturated rings. The number of hydrogen-bond acceptors (Lipinski definition) is 8. The lowest BCUT2D eigenvalue weighted by Crippen LogP contribution is -2.25. The zero-order valence-electron chi connectivity index (χ0n) is 17.2. The van der Waals surface area contributed by atoms with Gasteiger partial charge in [0.25, 0.3) is 5.91 Å². The number of carbonyl (C=O) groups excluding carboxylic acids is 3. The summed E-state index contributed by atoms with van der Waals surface area (Å²) < 4.78 is 40.8. The van der Waals surface area contributed by atoms with Crippen molar-refractivity contribution in [3.05, 3.63) is 48.0 Å². The van der Waals surface area contributed by atoms with E-state index in [1.807, 2.05) is 0 Å². The number of nitrogens with zero attached hydrogens (tertiary/aromatic N) is 1. The van der Waals surface area contributed by atoms with Gasteiger partial charge in [0.2, 0.25) is 10.0 Å². The minimum Gasteiger partial charge on any atom is -0.495 e. The Kier molecular flexibility index (Phi) is 8.11. The summed E-state index contributed by atoms with van der Waals surface area (Å²) in [5.41, 5.74) is 0.572. The van der Waals surface area contributed by atoms with Crippen molar-refractivity contribution in [3.8, 4) is 11.5 Å². The van der Waals surface area contributed by atoms with E-state index in [1.165, 1.54) is 63.7 Å². The Morgan fingerprint density at radius 2 is 1.74 bits per heavy atom. The Labute approximate surface area is 179 Å². The largest absolute Gasteiger partial charge is 0.495 e.